The number of carbonyl (C=O) groups is 1. The van der Waals surface area contributed by atoms with E-state index in [2.05, 4.69) is 19.9 Å². The Kier molecular flexibility index (Phi) is 7.30. The summed E-state index contributed by atoms with van der Waals surface area (Å²) in [6, 6.07) is 9.77. The Labute approximate surface area is 181 Å². The van der Waals surface area contributed by atoms with E-state index in [1.807, 2.05) is 19.9 Å². The standard InChI is InChI=1S/C20H25ClN4O4S/c1-14-12-25(13-15(2)29-14)19-8-7-16(11-22-19)24-20(26)9-10-23-30(27,28)18-6-4-3-5-17(18)21/h3-8,11,14-15,23H,9-10,12-13H2,1-2H3,(H,24,26). The van der Waals surface area contributed by atoms with Crippen LogP contribution in [0.2, 0.25) is 5.02 Å². The predicted octanol–water partition coefficient (Wildman–Crippen LogP) is 2.66. The first-order valence-corrected chi connectivity index (χ1v) is 11.5. The lowest BCUT2D eigenvalue weighted by Crippen LogP contribution is -2.45. The normalized spacial score (nSPS) is 19.5. The van der Waals surface area contributed by atoms with Crippen LogP contribution in [0, 0.1) is 0 Å². The summed E-state index contributed by atoms with van der Waals surface area (Å²) >= 11 is 5.93. The van der Waals surface area contributed by atoms with E-state index in [9.17, 15) is 13.2 Å². The number of nitrogens with one attached hydrogen (secondary N) is 2. The quantitative estimate of drug-likeness (QED) is 0.669. The lowest BCUT2D eigenvalue weighted by Gasteiger charge is -2.36. The summed E-state index contributed by atoms with van der Waals surface area (Å²) in [7, 11) is -3.78. The first-order chi connectivity index (χ1) is 14.2. The second kappa shape index (κ2) is 9.74. The molecule has 2 atom stereocenters. The summed E-state index contributed by atoms with van der Waals surface area (Å²) in [5, 5.41) is 2.85. The second-order valence-electron chi connectivity index (χ2n) is 7.19. The Bertz CT molecular complexity index is 975. The Hall–Kier alpha value is -2.20. The zero-order valence-electron chi connectivity index (χ0n) is 16.8. The number of nitrogens with zero attached hydrogens (tertiary/aromatic N) is 2. The van der Waals surface area contributed by atoms with E-state index in [0.29, 0.717) is 5.69 Å². The molecule has 0 saturated carbocycles. The molecule has 0 aliphatic carbocycles. The number of amides is 1. The average Bonchev–Trinajstić information content (AvgIpc) is 2.68. The van der Waals surface area contributed by atoms with Gasteiger partial charge in [0.15, 0.2) is 0 Å². The highest BCUT2D eigenvalue weighted by atomic mass is 35.5. The summed E-state index contributed by atoms with van der Waals surface area (Å²) in [5.74, 6) is 0.502. The maximum absolute atomic E-state index is 12.3. The fraction of sp³-hybridized carbons (Fsp3) is 0.400. The Morgan fingerprint density at radius 2 is 1.90 bits per heavy atom. The number of hydrogen-bond donors (Lipinski definition) is 2. The molecule has 0 radical (unpaired) electrons. The highest BCUT2D eigenvalue weighted by Gasteiger charge is 2.23. The molecule has 2 heterocycles. The molecule has 1 amide bonds. The van der Waals surface area contributed by atoms with Crippen molar-refractivity contribution in [3.8, 4) is 0 Å². The van der Waals surface area contributed by atoms with Gasteiger partial charge in [-0.3, -0.25) is 4.79 Å². The zero-order chi connectivity index (χ0) is 21.7. The molecule has 2 aromatic rings. The van der Waals surface area contributed by atoms with Crippen molar-refractivity contribution in [2.75, 3.05) is 29.9 Å². The van der Waals surface area contributed by atoms with Crippen LogP contribution in [0.1, 0.15) is 20.3 Å². The summed E-state index contributed by atoms with van der Waals surface area (Å²) in [6.07, 6.45) is 1.82. The van der Waals surface area contributed by atoms with Crippen molar-refractivity contribution in [3.63, 3.8) is 0 Å². The molecule has 0 bridgehead atoms. The molecule has 30 heavy (non-hydrogen) atoms. The number of halogens is 1. The topological polar surface area (TPSA) is 101 Å². The summed E-state index contributed by atoms with van der Waals surface area (Å²) in [6.45, 7) is 5.52. The van der Waals surface area contributed by atoms with Crippen LogP contribution in [0.15, 0.2) is 47.5 Å². The molecule has 162 valence electrons. The summed E-state index contributed by atoms with van der Waals surface area (Å²) in [4.78, 5) is 18.7. The third-order valence-electron chi connectivity index (χ3n) is 4.55. The molecular formula is C20H25ClN4O4S. The van der Waals surface area contributed by atoms with Crippen molar-refractivity contribution in [1.82, 2.24) is 9.71 Å². The van der Waals surface area contributed by atoms with Gasteiger partial charge in [-0.1, -0.05) is 23.7 Å². The molecule has 1 aliphatic heterocycles. The third kappa shape index (κ3) is 5.91. The van der Waals surface area contributed by atoms with Crippen LogP contribution < -0.4 is 14.9 Å². The SMILES string of the molecule is CC1CN(c2ccc(NC(=O)CCNS(=O)(=O)c3ccccc3Cl)cn2)CC(C)O1. The molecule has 0 spiro atoms. The fourth-order valence-electron chi connectivity index (χ4n) is 3.27. The fourth-order valence-corrected chi connectivity index (χ4v) is 4.82. The molecule has 2 N–H and O–H groups in total. The molecule has 8 nitrogen and oxygen atoms in total. The van der Waals surface area contributed by atoms with Gasteiger partial charge >= 0.3 is 0 Å². The van der Waals surface area contributed by atoms with Gasteiger partial charge in [-0.15, -0.1) is 0 Å². The number of ether oxygens (including phenoxy) is 1. The molecule has 1 fully saturated rings. The number of aromatic nitrogens is 1. The smallest absolute Gasteiger partial charge is 0.242 e. The number of carbonyl (C=O) groups excluding carboxylic acids is 1. The minimum absolute atomic E-state index is 0.0152. The first-order valence-electron chi connectivity index (χ1n) is 9.65. The Morgan fingerprint density at radius 1 is 1.20 bits per heavy atom. The Morgan fingerprint density at radius 3 is 2.53 bits per heavy atom. The molecule has 1 saturated heterocycles. The van der Waals surface area contributed by atoms with E-state index in [1.165, 1.54) is 12.1 Å². The lowest BCUT2D eigenvalue weighted by atomic mass is 10.2. The number of morpholine rings is 1. The molecule has 1 aromatic heterocycles. The van der Waals surface area contributed by atoms with E-state index in [1.54, 1.807) is 24.4 Å². The van der Waals surface area contributed by atoms with Crippen LogP contribution in [0.3, 0.4) is 0 Å². The molecule has 3 rings (SSSR count). The number of pyridine rings is 1. The van der Waals surface area contributed by atoms with Crippen molar-refractivity contribution in [2.45, 2.75) is 37.4 Å². The second-order valence-corrected chi connectivity index (χ2v) is 9.34. The largest absolute Gasteiger partial charge is 0.372 e. The van der Waals surface area contributed by atoms with Crippen molar-refractivity contribution in [2.24, 2.45) is 0 Å². The van der Waals surface area contributed by atoms with Gasteiger partial charge in [0.25, 0.3) is 0 Å². The van der Waals surface area contributed by atoms with Gasteiger partial charge in [0, 0.05) is 26.1 Å². The van der Waals surface area contributed by atoms with E-state index in [0.717, 1.165) is 18.9 Å². The van der Waals surface area contributed by atoms with Crippen LogP contribution >= 0.6 is 11.6 Å². The van der Waals surface area contributed by atoms with Crippen molar-refractivity contribution in [3.05, 3.63) is 47.6 Å². The van der Waals surface area contributed by atoms with Crippen LogP contribution in [0.4, 0.5) is 11.5 Å². The van der Waals surface area contributed by atoms with Gasteiger partial charge in [0.1, 0.15) is 10.7 Å². The first kappa shape index (κ1) is 22.5. The maximum atomic E-state index is 12.3. The predicted molar refractivity (Wildman–Crippen MR) is 116 cm³/mol. The van der Waals surface area contributed by atoms with E-state index >= 15 is 0 Å². The van der Waals surface area contributed by atoms with Gasteiger partial charge in [-0.05, 0) is 38.1 Å². The zero-order valence-corrected chi connectivity index (χ0v) is 18.4. The van der Waals surface area contributed by atoms with Crippen LogP contribution in [0.25, 0.3) is 0 Å². The van der Waals surface area contributed by atoms with Gasteiger partial charge < -0.3 is 15.0 Å². The number of sulfonamides is 1. The third-order valence-corrected chi connectivity index (χ3v) is 6.51. The van der Waals surface area contributed by atoms with Crippen LogP contribution in [-0.4, -0.2) is 51.2 Å². The minimum atomic E-state index is -3.78. The van der Waals surface area contributed by atoms with Crippen LogP contribution in [-0.2, 0) is 19.6 Å². The van der Waals surface area contributed by atoms with Gasteiger partial charge in [0.2, 0.25) is 15.9 Å². The highest BCUT2D eigenvalue weighted by molar-refractivity contribution is 7.89. The maximum Gasteiger partial charge on any atom is 0.242 e. The number of benzene rings is 1. The summed E-state index contributed by atoms with van der Waals surface area (Å²) in [5.41, 5.74) is 0.548. The van der Waals surface area contributed by atoms with Gasteiger partial charge in [0.05, 0.1) is 29.1 Å². The Balaban J connectivity index is 1.50. The van der Waals surface area contributed by atoms with Gasteiger partial charge in [-0.2, -0.15) is 0 Å². The number of hydrogen-bond acceptors (Lipinski definition) is 6. The highest BCUT2D eigenvalue weighted by Crippen LogP contribution is 2.21. The lowest BCUT2D eigenvalue weighted by molar-refractivity contribution is -0.116. The number of anilines is 2. The molecule has 10 heteroatoms. The number of rotatable bonds is 7. The average molecular weight is 453 g/mol. The van der Waals surface area contributed by atoms with Crippen molar-refractivity contribution >= 4 is 39.0 Å². The minimum Gasteiger partial charge on any atom is -0.372 e. The van der Waals surface area contributed by atoms with Gasteiger partial charge in [-0.25, -0.2) is 18.1 Å². The molecular weight excluding hydrogens is 428 g/mol. The van der Waals surface area contributed by atoms with Crippen molar-refractivity contribution in [1.29, 1.82) is 0 Å². The van der Waals surface area contributed by atoms with Crippen molar-refractivity contribution < 1.29 is 17.9 Å². The van der Waals surface area contributed by atoms with Crippen LogP contribution in [0.5, 0.6) is 0 Å². The summed E-state index contributed by atoms with van der Waals surface area (Å²) < 4.78 is 32.7. The van der Waals surface area contributed by atoms with E-state index < -0.39 is 10.0 Å². The van der Waals surface area contributed by atoms with E-state index in [-0.39, 0.29) is 41.0 Å². The molecule has 1 aromatic carbocycles. The molecule has 2 unspecified atom stereocenters. The van der Waals surface area contributed by atoms with E-state index in [4.69, 9.17) is 16.3 Å². The molecule has 1 aliphatic rings. The monoisotopic (exact) mass is 452 g/mol.